The van der Waals surface area contributed by atoms with E-state index in [1.807, 2.05) is 0 Å². The van der Waals surface area contributed by atoms with Gasteiger partial charge >= 0.3 is 5.97 Å². The third kappa shape index (κ3) is 3.87. The van der Waals surface area contributed by atoms with Crippen LogP contribution in [0.25, 0.3) is 0 Å². The lowest BCUT2D eigenvalue weighted by Crippen LogP contribution is -2.00. The Morgan fingerprint density at radius 2 is 2.20 bits per heavy atom. The molecule has 0 fully saturated rings. The van der Waals surface area contributed by atoms with Crippen LogP contribution in [-0.2, 0) is 11.2 Å². The van der Waals surface area contributed by atoms with Crippen LogP contribution in [0.5, 0.6) is 5.75 Å². The number of methoxy groups -OCH3 is 1. The van der Waals surface area contributed by atoms with Gasteiger partial charge in [-0.25, -0.2) is 4.39 Å². The van der Waals surface area contributed by atoms with Gasteiger partial charge in [-0.05, 0) is 18.1 Å². The van der Waals surface area contributed by atoms with Gasteiger partial charge < -0.3 is 9.84 Å². The summed E-state index contributed by atoms with van der Waals surface area (Å²) < 4.78 is 17.9. The van der Waals surface area contributed by atoms with E-state index in [2.05, 4.69) is 0 Å². The second-order valence-electron chi connectivity index (χ2n) is 2.83. The Hall–Kier alpha value is -1.10. The second kappa shape index (κ2) is 6.40. The molecule has 0 bridgehead atoms. The number of ether oxygens (including phenoxy) is 1. The third-order valence-corrected chi connectivity index (χ3v) is 1.86. The molecule has 1 N–H and O–H groups in total. The maximum atomic E-state index is 13.1. The molecule has 0 spiro atoms. The maximum absolute atomic E-state index is 13.1. The fourth-order valence-corrected chi connectivity index (χ4v) is 1.22. The van der Waals surface area contributed by atoms with Gasteiger partial charge in [0.05, 0.1) is 7.11 Å². The zero-order valence-electron chi connectivity index (χ0n) is 8.20. The van der Waals surface area contributed by atoms with Crippen molar-refractivity contribution in [2.75, 3.05) is 7.11 Å². The van der Waals surface area contributed by atoms with Crippen molar-refractivity contribution >= 4 is 23.0 Å². The van der Waals surface area contributed by atoms with Gasteiger partial charge in [0.15, 0.2) is 11.6 Å². The Kier molecular flexibility index (Phi) is 5.93. The lowest BCUT2D eigenvalue weighted by molar-refractivity contribution is -0.136. The fourth-order valence-electron chi connectivity index (χ4n) is 1.22. The van der Waals surface area contributed by atoms with E-state index in [1.165, 1.54) is 19.2 Å². The summed E-state index contributed by atoms with van der Waals surface area (Å²) in [6.45, 7) is 0. The molecular weight excluding hydrogens is 267 g/mol. The topological polar surface area (TPSA) is 46.5 Å². The lowest BCUT2D eigenvalue weighted by atomic mass is 10.1. The first-order valence-corrected chi connectivity index (χ1v) is 4.18. The van der Waals surface area contributed by atoms with E-state index >= 15 is 0 Å². The van der Waals surface area contributed by atoms with Crippen LogP contribution in [0.1, 0.15) is 12.0 Å². The SMILES string of the molecule is Br.COc1c(F)cccc1CCC(=O)O. The summed E-state index contributed by atoms with van der Waals surface area (Å²) in [6.07, 6.45) is 0.246. The van der Waals surface area contributed by atoms with E-state index in [9.17, 15) is 9.18 Å². The number of hydrogen-bond donors (Lipinski definition) is 1. The molecule has 0 amide bonds. The molecule has 5 heteroatoms. The van der Waals surface area contributed by atoms with Gasteiger partial charge in [-0.2, -0.15) is 0 Å². The zero-order chi connectivity index (χ0) is 10.6. The minimum atomic E-state index is -0.906. The Morgan fingerprint density at radius 3 is 2.73 bits per heavy atom. The van der Waals surface area contributed by atoms with Crippen LogP contribution in [0.2, 0.25) is 0 Å². The predicted molar refractivity (Wildman–Crippen MR) is 59.2 cm³/mol. The Bertz CT molecular complexity index is 341. The van der Waals surface area contributed by atoms with Crippen molar-refractivity contribution in [2.24, 2.45) is 0 Å². The predicted octanol–water partition coefficient (Wildman–Crippen LogP) is 2.43. The normalized spacial score (nSPS) is 9.20. The number of carboxylic acid groups (broad SMARTS) is 1. The standard InChI is InChI=1S/C10H11FO3.BrH/c1-14-10-7(5-6-9(12)13)3-2-4-8(10)11;/h2-4H,5-6H2,1H3,(H,12,13);1H. The number of carbonyl (C=O) groups is 1. The van der Waals surface area contributed by atoms with Gasteiger partial charge in [-0.15, -0.1) is 17.0 Å². The second-order valence-corrected chi connectivity index (χ2v) is 2.83. The van der Waals surface area contributed by atoms with Crippen LogP contribution < -0.4 is 4.74 Å². The van der Waals surface area contributed by atoms with Gasteiger partial charge in [0.25, 0.3) is 0 Å². The number of carboxylic acids is 1. The minimum Gasteiger partial charge on any atom is -0.493 e. The Morgan fingerprint density at radius 1 is 1.53 bits per heavy atom. The molecular formula is C10H12BrFO3. The van der Waals surface area contributed by atoms with Gasteiger partial charge in [0, 0.05) is 6.42 Å². The molecule has 1 aromatic rings. The van der Waals surface area contributed by atoms with Gasteiger partial charge in [0.1, 0.15) is 0 Å². The fraction of sp³-hybridized carbons (Fsp3) is 0.300. The summed E-state index contributed by atoms with van der Waals surface area (Å²) in [5.74, 6) is -1.24. The summed E-state index contributed by atoms with van der Waals surface area (Å²) in [7, 11) is 1.36. The average molecular weight is 279 g/mol. The molecule has 1 aromatic carbocycles. The Balaban J connectivity index is 0.00000196. The van der Waals surface area contributed by atoms with Crippen LogP contribution >= 0.6 is 17.0 Å². The first-order chi connectivity index (χ1) is 6.65. The first-order valence-electron chi connectivity index (χ1n) is 4.18. The van der Waals surface area contributed by atoms with Gasteiger partial charge in [-0.3, -0.25) is 4.79 Å². The molecule has 0 aromatic heterocycles. The van der Waals surface area contributed by atoms with Crippen molar-refractivity contribution in [3.63, 3.8) is 0 Å². The third-order valence-electron chi connectivity index (χ3n) is 1.86. The molecule has 0 saturated carbocycles. The molecule has 0 aliphatic carbocycles. The smallest absolute Gasteiger partial charge is 0.303 e. The molecule has 0 saturated heterocycles. The van der Waals surface area contributed by atoms with Crippen molar-refractivity contribution in [2.45, 2.75) is 12.8 Å². The average Bonchev–Trinajstić information content (AvgIpc) is 2.14. The Labute approximate surface area is 97.6 Å². The van der Waals surface area contributed by atoms with Crippen molar-refractivity contribution in [3.8, 4) is 5.75 Å². The molecule has 1 rings (SSSR count). The molecule has 0 radical (unpaired) electrons. The number of hydrogen-bond acceptors (Lipinski definition) is 2. The molecule has 3 nitrogen and oxygen atoms in total. The van der Waals surface area contributed by atoms with Crippen molar-refractivity contribution in [3.05, 3.63) is 29.6 Å². The van der Waals surface area contributed by atoms with Gasteiger partial charge in [-0.1, -0.05) is 12.1 Å². The van der Waals surface area contributed by atoms with E-state index in [0.29, 0.717) is 5.56 Å². The van der Waals surface area contributed by atoms with E-state index < -0.39 is 11.8 Å². The molecule has 0 aliphatic rings. The molecule has 0 atom stereocenters. The van der Waals surface area contributed by atoms with Crippen LogP contribution in [0.3, 0.4) is 0 Å². The monoisotopic (exact) mass is 278 g/mol. The van der Waals surface area contributed by atoms with E-state index in [0.717, 1.165) is 0 Å². The number of para-hydroxylation sites is 1. The number of aryl methyl sites for hydroxylation is 1. The highest BCUT2D eigenvalue weighted by Gasteiger charge is 2.09. The largest absolute Gasteiger partial charge is 0.493 e. The number of halogens is 2. The van der Waals surface area contributed by atoms with Gasteiger partial charge in [0.2, 0.25) is 0 Å². The van der Waals surface area contributed by atoms with Crippen molar-refractivity contribution < 1.29 is 19.0 Å². The van der Waals surface area contributed by atoms with Crippen LogP contribution in [0.15, 0.2) is 18.2 Å². The summed E-state index contributed by atoms with van der Waals surface area (Å²) in [4.78, 5) is 10.3. The summed E-state index contributed by atoms with van der Waals surface area (Å²) in [6, 6.07) is 4.48. The molecule has 0 aliphatic heterocycles. The molecule has 15 heavy (non-hydrogen) atoms. The summed E-state index contributed by atoms with van der Waals surface area (Å²) in [5, 5.41) is 8.47. The van der Waals surface area contributed by atoms with E-state index in [-0.39, 0.29) is 35.6 Å². The summed E-state index contributed by atoms with van der Waals surface area (Å²) in [5.41, 5.74) is 0.579. The van der Waals surface area contributed by atoms with Crippen molar-refractivity contribution in [1.29, 1.82) is 0 Å². The minimum absolute atomic E-state index is 0. The first kappa shape index (κ1) is 13.9. The zero-order valence-corrected chi connectivity index (χ0v) is 9.91. The highest BCUT2D eigenvalue weighted by Crippen LogP contribution is 2.23. The van der Waals surface area contributed by atoms with Crippen LogP contribution in [0.4, 0.5) is 4.39 Å². The van der Waals surface area contributed by atoms with E-state index in [1.54, 1.807) is 6.07 Å². The van der Waals surface area contributed by atoms with Crippen molar-refractivity contribution in [1.82, 2.24) is 0 Å². The molecule has 0 unspecified atom stereocenters. The summed E-state index contributed by atoms with van der Waals surface area (Å²) >= 11 is 0. The lowest BCUT2D eigenvalue weighted by Gasteiger charge is -2.07. The van der Waals surface area contributed by atoms with Crippen LogP contribution in [-0.4, -0.2) is 18.2 Å². The number of benzene rings is 1. The van der Waals surface area contributed by atoms with Crippen LogP contribution in [0, 0.1) is 5.82 Å². The number of rotatable bonds is 4. The maximum Gasteiger partial charge on any atom is 0.303 e. The molecule has 0 heterocycles. The molecule has 84 valence electrons. The quantitative estimate of drug-likeness (QED) is 0.920. The number of aliphatic carboxylic acids is 1. The highest BCUT2D eigenvalue weighted by molar-refractivity contribution is 8.93. The highest BCUT2D eigenvalue weighted by atomic mass is 79.9. The van der Waals surface area contributed by atoms with E-state index in [4.69, 9.17) is 9.84 Å².